The van der Waals surface area contributed by atoms with Gasteiger partial charge in [0, 0.05) is 30.9 Å². The van der Waals surface area contributed by atoms with Gasteiger partial charge in [-0.25, -0.2) is 4.79 Å². The average molecular weight is 422 g/mol. The predicted octanol–water partition coefficient (Wildman–Crippen LogP) is 2.04. The molecule has 4 rings (SSSR count). The summed E-state index contributed by atoms with van der Waals surface area (Å²) < 4.78 is 6.52. The molecular formula is C23H26N4O4. The summed E-state index contributed by atoms with van der Waals surface area (Å²) in [4.78, 5) is 42.2. The van der Waals surface area contributed by atoms with Crippen LogP contribution in [-0.4, -0.2) is 41.8 Å². The summed E-state index contributed by atoms with van der Waals surface area (Å²) in [7, 11) is 0. The van der Waals surface area contributed by atoms with Crippen molar-refractivity contribution in [2.24, 2.45) is 0 Å². The summed E-state index contributed by atoms with van der Waals surface area (Å²) in [6.07, 6.45) is 0. The number of fused-ring (bicyclic) bond motifs is 1. The van der Waals surface area contributed by atoms with E-state index >= 15 is 0 Å². The van der Waals surface area contributed by atoms with Gasteiger partial charge in [-0.2, -0.15) is 0 Å². The minimum Gasteiger partial charge on any atom is -0.378 e. The number of hydrogen-bond donors (Lipinski definition) is 2. The van der Waals surface area contributed by atoms with Crippen LogP contribution in [0, 0.1) is 0 Å². The van der Waals surface area contributed by atoms with E-state index in [1.165, 1.54) is 0 Å². The molecule has 1 amide bonds. The first-order chi connectivity index (χ1) is 15.0. The van der Waals surface area contributed by atoms with Gasteiger partial charge in [-0.15, -0.1) is 0 Å². The zero-order chi connectivity index (χ0) is 22.0. The third-order valence-electron chi connectivity index (χ3n) is 5.68. The Bertz CT molecular complexity index is 1210. The molecule has 0 spiro atoms. The van der Waals surface area contributed by atoms with E-state index in [0.29, 0.717) is 16.5 Å². The standard InChI is InChI=1S/C23H26N4O4/c1-3-27-22(29)19-9-6-17(14-20(19)25-23(27)30)21(28)24-15(2)16-4-7-18(8-5-16)26-10-12-31-13-11-26/h4-9,14-15H,3,10-13H2,1-2H3,(H,24,28)(H,25,30). The van der Waals surface area contributed by atoms with Crippen LogP contribution in [0.5, 0.6) is 0 Å². The number of benzene rings is 2. The fraction of sp³-hybridized carbons (Fsp3) is 0.348. The van der Waals surface area contributed by atoms with Gasteiger partial charge in [0.1, 0.15) is 0 Å². The first kappa shape index (κ1) is 20.9. The summed E-state index contributed by atoms with van der Waals surface area (Å²) >= 11 is 0. The minimum absolute atomic E-state index is 0.200. The van der Waals surface area contributed by atoms with Crippen molar-refractivity contribution < 1.29 is 9.53 Å². The number of amides is 1. The van der Waals surface area contributed by atoms with Gasteiger partial charge in [0.05, 0.1) is 30.2 Å². The quantitative estimate of drug-likeness (QED) is 0.656. The molecule has 2 aromatic carbocycles. The van der Waals surface area contributed by atoms with Crippen LogP contribution < -0.4 is 21.5 Å². The third kappa shape index (κ3) is 4.25. The maximum absolute atomic E-state index is 12.8. The SMILES string of the molecule is CCn1c(=O)[nH]c2cc(C(=O)NC(C)c3ccc(N4CCOCC4)cc3)ccc2c1=O. The lowest BCUT2D eigenvalue weighted by Crippen LogP contribution is -2.36. The normalized spacial score (nSPS) is 15.1. The van der Waals surface area contributed by atoms with E-state index < -0.39 is 5.69 Å². The van der Waals surface area contributed by atoms with Crippen LogP contribution in [0.4, 0.5) is 5.69 Å². The lowest BCUT2D eigenvalue weighted by atomic mass is 10.1. The molecule has 1 saturated heterocycles. The Morgan fingerprint density at radius 3 is 2.52 bits per heavy atom. The lowest BCUT2D eigenvalue weighted by Gasteiger charge is -2.29. The number of hydrogen-bond acceptors (Lipinski definition) is 5. The van der Waals surface area contributed by atoms with Gasteiger partial charge in [0.15, 0.2) is 0 Å². The molecule has 1 aliphatic rings. The van der Waals surface area contributed by atoms with Gasteiger partial charge in [-0.1, -0.05) is 12.1 Å². The number of morpholine rings is 1. The van der Waals surface area contributed by atoms with Crippen LogP contribution in [0.2, 0.25) is 0 Å². The van der Waals surface area contributed by atoms with Crippen molar-refractivity contribution in [3.8, 4) is 0 Å². The van der Waals surface area contributed by atoms with Crippen LogP contribution in [0.25, 0.3) is 10.9 Å². The van der Waals surface area contributed by atoms with Crippen LogP contribution in [-0.2, 0) is 11.3 Å². The third-order valence-corrected chi connectivity index (χ3v) is 5.68. The predicted molar refractivity (Wildman–Crippen MR) is 120 cm³/mol. The number of nitrogens with zero attached hydrogens (tertiary/aromatic N) is 2. The largest absolute Gasteiger partial charge is 0.378 e. The van der Waals surface area contributed by atoms with E-state index in [1.807, 2.05) is 19.1 Å². The Hall–Kier alpha value is -3.39. The highest BCUT2D eigenvalue weighted by molar-refractivity contribution is 5.97. The molecule has 1 aromatic heterocycles. The molecule has 162 valence electrons. The van der Waals surface area contributed by atoms with Crippen LogP contribution in [0.3, 0.4) is 0 Å². The first-order valence-corrected chi connectivity index (χ1v) is 10.5. The monoisotopic (exact) mass is 422 g/mol. The molecule has 0 saturated carbocycles. The number of aromatic amines is 1. The van der Waals surface area contributed by atoms with Crippen molar-refractivity contribution in [3.63, 3.8) is 0 Å². The average Bonchev–Trinajstić information content (AvgIpc) is 2.79. The highest BCUT2D eigenvalue weighted by atomic mass is 16.5. The summed E-state index contributed by atoms with van der Waals surface area (Å²) in [5, 5.41) is 3.36. The van der Waals surface area contributed by atoms with Crippen molar-refractivity contribution in [3.05, 3.63) is 74.4 Å². The molecule has 1 aliphatic heterocycles. The van der Waals surface area contributed by atoms with E-state index in [1.54, 1.807) is 25.1 Å². The number of carbonyl (C=O) groups is 1. The van der Waals surface area contributed by atoms with Gasteiger partial charge in [0.2, 0.25) is 0 Å². The fourth-order valence-electron chi connectivity index (χ4n) is 3.84. The van der Waals surface area contributed by atoms with E-state index in [4.69, 9.17) is 4.74 Å². The summed E-state index contributed by atoms with van der Waals surface area (Å²) in [6.45, 7) is 7.16. The maximum Gasteiger partial charge on any atom is 0.328 e. The van der Waals surface area contributed by atoms with Gasteiger partial charge in [-0.3, -0.25) is 14.2 Å². The molecule has 3 aromatic rings. The molecular weight excluding hydrogens is 396 g/mol. The minimum atomic E-state index is -0.480. The number of nitrogens with one attached hydrogen (secondary N) is 2. The van der Waals surface area contributed by atoms with Crippen molar-refractivity contribution in [2.45, 2.75) is 26.4 Å². The Morgan fingerprint density at radius 2 is 1.84 bits per heavy atom. The number of carbonyl (C=O) groups excluding carboxylic acids is 1. The zero-order valence-corrected chi connectivity index (χ0v) is 17.7. The van der Waals surface area contributed by atoms with Crippen molar-refractivity contribution in [1.82, 2.24) is 14.9 Å². The zero-order valence-electron chi connectivity index (χ0n) is 17.7. The fourth-order valence-corrected chi connectivity index (χ4v) is 3.84. The van der Waals surface area contributed by atoms with Crippen LogP contribution in [0.1, 0.15) is 35.8 Å². The molecule has 2 N–H and O–H groups in total. The molecule has 1 atom stereocenters. The molecule has 0 aliphatic carbocycles. The second kappa shape index (κ2) is 8.77. The van der Waals surface area contributed by atoms with Crippen LogP contribution in [0.15, 0.2) is 52.1 Å². The van der Waals surface area contributed by atoms with E-state index in [9.17, 15) is 14.4 Å². The van der Waals surface area contributed by atoms with Crippen molar-refractivity contribution in [1.29, 1.82) is 0 Å². The Balaban J connectivity index is 1.50. The van der Waals surface area contributed by atoms with E-state index in [2.05, 4.69) is 27.3 Å². The van der Waals surface area contributed by atoms with E-state index in [0.717, 1.165) is 42.1 Å². The Labute approximate surface area is 179 Å². The molecule has 8 heteroatoms. The number of ether oxygens (including phenoxy) is 1. The number of rotatable bonds is 5. The molecule has 1 fully saturated rings. The molecule has 2 heterocycles. The van der Waals surface area contributed by atoms with Gasteiger partial charge >= 0.3 is 5.69 Å². The van der Waals surface area contributed by atoms with Crippen LogP contribution >= 0.6 is 0 Å². The molecule has 1 unspecified atom stereocenters. The van der Waals surface area contributed by atoms with Crippen molar-refractivity contribution in [2.75, 3.05) is 31.2 Å². The summed E-state index contributed by atoms with van der Waals surface area (Å²) in [5.41, 5.74) is 2.03. The number of H-pyrrole nitrogens is 1. The van der Waals surface area contributed by atoms with E-state index in [-0.39, 0.29) is 24.1 Å². The summed E-state index contributed by atoms with van der Waals surface area (Å²) in [5.74, 6) is -0.271. The topological polar surface area (TPSA) is 96.4 Å². The highest BCUT2D eigenvalue weighted by Gasteiger charge is 2.15. The molecule has 31 heavy (non-hydrogen) atoms. The van der Waals surface area contributed by atoms with Crippen molar-refractivity contribution >= 4 is 22.5 Å². The highest BCUT2D eigenvalue weighted by Crippen LogP contribution is 2.20. The van der Waals surface area contributed by atoms with Gasteiger partial charge in [0.25, 0.3) is 11.5 Å². The number of anilines is 1. The number of aromatic nitrogens is 2. The Kier molecular flexibility index (Phi) is 5.90. The maximum atomic E-state index is 12.8. The van der Waals surface area contributed by atoms with Gasteiger partial charge < -0.3 is 19.9 Å². The molecule has 0 bridgehead atoms. The molecule has 0 radical (unpaired) electrons. The second-order valence-electron chi connectivity index (χ2n) is 7.63. The first-order valence-electron chi connectivity index (χ1n) is 10.5. The second-order valence-corrected chi connectivity index (χ2v) is 7.63. The lowest BCUT2D eigenvalue weighted by molar-refractivity contribution is 0.0940. The summed E-state index contributed by atoms with van der Waals surface area (Å²) in [6, 6.07) is 12.7. The van der Waals surface area contributed by atoms with Gasteiger partial charge in [-0.05, 0) is 49.7 Å². The molecule has 8 nitrogen and oxygen atoms in total. The Morgan fingerprint density at radius 1 is 1.13 bits per heavy atom. The smallest absolute Gasteiger partial charge is 0.328 e.